The van der Waals surface area contributed by atoms with Crippen molar-refractivity contribution in [3.05, 3.63) is 47.3 Å². The largest absolute Gasteiger partial charge is 0.389 e. The van der Waals surface area contributed by atoms with Gasteiger partial charge in [0.15, 0.2) is 5.78 Å². The first-order chi connectivity index (χ1) is 11.4. The van der Waals surface area contributed by atoms with Gasteiger partial charge in [-0.05, 0) is 11.6 Å². The number of rotatable bonds is 6. The molecular weight excluding hydrogens is 337 g/mol. The molecular formula is C17H17F3N2OS. The van der Waals surface area contributed by atoms with Crippen molar-refractivity contribution in [2.24, 2.45) is 4.99 Å². The summed E-state index contributed by atoms with van der Waals surface area (Å²) in [5.41, 5.74) is 1.88. The number of ketones is 1. The second-order valence-electron chi connectivity index (χ2n) is 5.15. The Bertz CT molecular complexity index is 708. The number of hydrogen-bond donors (Lipinski definition) is 1. The maximum absolute atomic E-state index is 12.1. The molecule has 2 aromatic rings. The van der Waals surface area contributed by atoms with Gasteiger partial charge < -0.3 is 5.32 Å². The molecule has 3 nitrogen and oxygen atoms in total. The van der Waals surface area contributed by atoms with Gasteiger partial charge in [-0.3, -0.25) is 9.79 Å². The number of carbonyl (C=O) groups excluding carboxylic acids is 1. The lowest BCUT2D eigenvalue weighted by atomic mass is 10.1. The molecule has 0 spiro atoms. The summed E-state index contributed by atoms with van der Waals surface area (Å²) in [5.74, 6) is 0.000720. The molecule has 0 amide bonds. The fourth-order valence-electron chi connectivity index (χ4n) is 2.08. The fraction of sp³-hybridized carbons (Fsp3) is 0.294. The lowest BCUT2D eigenvalue weighted by molar-refractivity contribution is -0.142. The molecule has 1 aromatic carbocycles. The highest BCUT2D eigenvalue weighted by molar-refractivity contribution is 7.13. The van der Waals surface area contributed by atoms with Crippen LogP contribution in [0.1, 0.15) is 18.4 Å². The zero-order valence-corrected chi connectivity index (χ0v) is 13.9. The van der Waals surface area contributed by atoms with Gasteiger partial charge >= 0.3 is 6.18 Å². The molecule has 0 saturated carbocycles. The van der Waals surface area contributed by atoms with Gasteiger partial charge in [-0.15, -0.1) is 11.3 Å². The van der Waals surface area contributed by atoms with Gasteiger partial charge in [-0.25, -0.2) is 0 Å². The summed E-state index contributed by atoms with van der Waals surface area (Å²) in [7, 11) is 1.57. The molecule has 0 fully saturated rings. The molecule has 128 valence electrons. The highest BCUT2D eigenvalue weighted by atomic mass is 32.1. The number of aliphatic imine (C=N–C) groups is 1. The number of Topliss-reactive ketones (excluding diaryl/α,β-unsaturated/α-hetero) is 1. The summed E-state index contributed by atoms with van der Waals surface area (Å²) in [6.45, 7) is -0.167. The monoisotopic (exact) mass is 354 g/mol. The lowest BCUT2D eigenvalue weighted by Gasteiger charge is -2.08. The van der Waals surface area contributed by atoms with E-state index in [1.165, 1.54) is 11.3 Å². The Morgan fingerprint density at radius 2 is 1.96 bits per heavy atom. The molecule has 0 bridgehead atoms. The summed E-state index contributed by atoms with van der Waals surface area (Å²) >= 11 is 1.54. The SMILES string of the molecule is CN=C(NCC(=O)CCC(F)(F)F)c1csc(-c2ccccc2)c1. The van der Waals surface area contributed by atoms with Gasteiger partial charge in [0.2, 0.25) is 0 Å². The van der Waals surface area contributed by atoms with E-state index in [0.717, 1.165) is 16.0 Å². The summed E-state index contributed by atoms with van der Waals surface area (Å²) in [5, 5.41) is 4.73. The first kappa shape index (κ1) is 18.2. The van der Waals surface area contributed by atoms with Crippen LogP contribution < -0.4 is 5.32 Å². The lowest BCUT2D eigenvalue weighted by Crippen LogP contribution is -2.30. The van der Waals surface area contributed by atoms with Crippen LogP contribution >= 0.6 is 11.3 Å². The van der Waals surface area contributed by atoms with Crippen molar-refractivity contribution in [1.82, 2.24) is 5.32 Å². The standard InChI is InChI=1S/C17H17F3N2OS/c1-21-16(22-10-14(23)7-8-17(18,19)20)13-9-15(24-11-13)12-5-3-2-4-6-12/h2-6,9,11H,7-8,10H2,1H3,(H,21,22). The van der Waals surface area contributed by atoms with Crippen molar-refractivity contribution < 1.29 is 18.0 Å². The maximum atomic E-state index is 12.1. The molecule has 7 heteroatoms. The van der Waals surface area contributed by atoms with E-state index in [9.17, 15) is 18.0 Å². The van der Waals surface area contributed by atoms with Gasteiger partial charge in [-0.1, -0.05) is 30.3 Å². The van der Waals surface area contributed by atoms with E-state index in [0.29, 0.717) is 5.84 Å². The molecule has 0 aliphatic carbocycles. The third-order valence-corrected chi connectivity index (χ3v) is 4.27. The summed E-state index contributed by atoms with van der Waals surface area (Å²) < 4.78 is 36.3. The van der Waals surface area contributed by atoms with Crippen molar-refractivity contribution >= 4 is 23.0 Å². The van der Waals surface area contributed by atoms with E-state index in [2.05, 4.69) is 10.3 Å². The van der Waals surface area contributed by atoms with Crippen molar-refractivity contribution in [3.8, 4) is 10.4 Å². The normalized spacial score (nSPS) is 12.2. The van der Waals surface area contributed by atoms with Crippen LogP contribution in [-0.2, 0) is 4.79 Å². The first-order valence-electron chi connectivity index (χ1n) is 7.32. The van der Waals surface area contributed by atoms with Crippen LogP contribution in [0.25, 0.3) is 10.4 Å². The van der Waals surface area contributed by atoms with Gasteiger partial charge in [0.1, 0.15) is 5.84 Å². The number of benzene rings is 1. The Morgan fingerprint density at radius 1 is 1.25 bits per heavy atom. The summed E-state index contributed by atoms with van der Waals surface area (Å²) in [6, 6.07) is 11.8. The number of alkyl halides is 3. The quantitative estimate of drug-likeness (QED) is 0.621. The van der Waals surface area contributed by atoms with E-state index in [1.807, 2.05) is 41.8 Å². The van der Waals surface area contributed by atoms with Gasteiger partial charge in [0, 0.05) is 29.3 Å². The van der Waals surface area contributed by atoms with E-state index in [4.69, 9.17) is 0 Å². The second-order valence-corrected chi connectivity index (χ2v) is 6.06. The maximum Gasteiger partial charge on any atom is 0.389 e. The van der Waals surface area contributed by atoms with Gasteiger partial charge in [0.25, 0.3) is 0 Å². The average Bonchev–Trinajstić information content (AvgIpc) is 3.03. The average molecular weight is 354 g/mol. The van der Waals surface area contributed by atoms with Crippen LogP contribution in [0.15, 0.2) is 46.8 Å². The van der Waals surface area contributed by atoms with Crippen molar-refractivity contribution in [3.63, 3.8) is 0 Å². The molecule has 0 radical (unpaired) electrons. The first-order valence-corrected chi connectivity index (χ1v) is 8.20. The Hall–Kier alpha value is -2.15. The van der Waals surface area contributed by atoms with Crippen LogP contribution in [-0.4, -0.2) is 31.4 Å². The van der Waals surface area contributed by atoms with E-state index < -0.39 is 24.8 Å². The minimum atomic E-state index is -4.31. The van der Waals surface area contributed by atoms with Crippen LogP contribution in [0.2, 0.25) is 0 Å². The van der Waals surface area contributed by atoms with Crippen LogP contribution in [0.4, 0.5) is 13.2 Å². The molecule has 0 aliphatic rings. The summed E-state index contributed by atoms with van der Waals surface area (Å²) in [4.78, 5) is 16.7. The third kappa shape index (κ3) is 5.49. The molecule has 0 aliphatic heterocycles. The Labute approximate surface area is 142 Å². The Morgan fingerprint density at radius 3 is 2.58 bits per heavy atom. The predicted molar refractivity (Wildman–Crippen MR) is 90.5 cm³/mol. The molecule has 0 unspecified atom stereocenters. The number of nitrogens with one attached hydrogen (secondary N) is 1. The molecule has 24 heavy (non-hydrogen) atoms. The number of hydrogen-bond acceptors (Lipinski definition) is 3. The number of thiophene rings is 1. The third-order valence-electron chi connectivity index (χ3n) is 3.30. The number of carbonyl (C=O) groups is 1. The zero-order valence-electron chi connectivity index (χ0n) is 13.1. The second kappa shape index (κ2) is 8.10. The van der Waals surface area contributed by atoms with Crippen molar-refractivity contribution in [1.29, 1.82) is 0 Å². The minimum Gasteiger partial charge on any atom is -0.363 e. The Balaban J connectivity index is 1.95. The van der Waals surface area contributed by atoms with Crippen LogP contribution in [0, 0.1) is 0 Å². The number of amidine groups is 1. The molecule has 2 rings (SSSR count). The van der Waals surface area contributed by atoms with E-state index in [-0.39, 0.29) is 6.54 Å². The fourth-order valence-corrected chi connectivity index (χ4v) is 2.98. The Kier molecular flexibility index (Phi) is 6.14. The van der Waals surface area contributed by atoms with Gasteiger partial charge in [0.05, 0.1) is 13.0 Å². The molecule has 0 atom stereocenters. The van der Waals surface area contributed by atoms with Crippen molar-refractivity contribution in [2.45, 2.75) is 19.0 Å². The highest BCUT2D eigenvalue weighted by Gasteiger charge is 2.27. The van der Waals surface area contributed by atoms with Crippen molar-refractivity contribution in [2.75, 3.05) is 13.6 Å². The minimum absolute atomic E-state index is 0.167. The van der Waals surface area contributed by atoms with E-state index in [1.54, 1.807) is 7.05 Å². The number of nitrogens with zero attached hydrogens (tertiary/aromatic N) is 1. The molecule has 0 saturated heterocycles. The summed E-state index contributed by atoms with van der Waals surface area (Å²) in [6.07, 6.45) is -5.93. The highest BCUT2D eigenvalue weighted by Crippen LogP contribution is 2.27. The molecule has 1 N–H and O–H groups in total. The molecule has 1 heterocycles. The zero-order chi connectivity index (χ0) is 17.6. The smallest absolute Gasteiger partial charge is 0.363 e. The van der Waals surface area contributed by atoms with Gasteiger partial charge in [-0.2, -0.15) is 13.2 Å². The molecule has 1 aromatic heterocycles. The number of halogens is 3. The van der Waals surface area contributed by atoms with Crippen LogP contribution in [0.5, 0.6) is 0 Å². The predicted octanol–water partition coefficient (Wildman–Crippen LogP) is 4.29. The topological polar surface area (TPSA) is 41.5 Å². The van der Waals surface area contributed by atoms with Crippen LogP contribution in [0.3, 0.4) is 0 Å². The van der Waals surface area contributed by atoms with E-state index >= 15 is 0 Å².